The highest BCUT2D eigenvalue weighted by Crippen LogP contribution is 2.28. The lowest BCUT2D eigenvalue weighted by Crippen LogP contribution is -2.46. The van der Waals surface area contributed by atoms with Crippen molar-refractivity contribution in [2.24, 2.45) is 0 Å². The Kier molecular flexibility index (Phi) is 9.04. The van der Waals surface area contributed by atoms with Crippen molar-refractivity contribution < 1.29 is 4.79 Å². The van der Waals surface area contributed by atoms with Gasteiger partial charge in [-0.3, -0.25) is 9.69 Å². The Morgan fingerprint density at radius 2 is 1.38 bits per heavy atom. The monoisotopic (exact) mass is 495 g/mol. The van der Waals surface area contributed by atoms with Crippen LogP contribution in [0.4, 0.5) is 0 Å². The Labute approximate surface area is 222 Å². The highest BCUT2D eigenvalue weighted by Gasteiger charge is 2.21. The molecule has 5 rings (SSSR count). The Balaban J connectivity index is 1.11. The van der Waals surface area contributed by atoms with E-state index in [1.54, 1.807) is 0 Å². The van der Waals surface area contributed by atoms with E-state index in [4.69, 9.17) is 0 Å². The number of hydrogen-bond acceptors (Lipinski definition) is 3. The molecule has 2 aliphatic rings. The van der Waals surface area contributed by atoms with E-state index in [-0.39, 0.29) is 5.91 Å². The van der Waals surface area contributed by atoms with Crippen molar-refractivity contribution in [1.82, 2.24) is 15.1 Å². The van der Waals surface area contributed by atoms with Crippen molar-refractivity contribution in [2.75, 3.05) is 32.7 Å². The lowest BCUT2D eigenvalue weighted by atomic mass is 9.88. The fraction of sp³-hybridized carbons (Fsp3) is 0.424. The van der Waals surface area contributed by atoms with Gasteiger partial charge in [0.1, 0.15) is 0 Å². The average molecular weight is 496 g/mol. The van der Waals surface area contributed by atoms with E-state index in [9.17, 15) is 4.79 Å². The summed E-state index contributed by atoms with van der Waals surface area (Å²) in [5.74, 6) is 0.521. The van der Waals surface area contributed by atoms with Gasteiger partial charge in [-0.05, 0) is 54.6 Å². The summed E-state index contributed by atoms with van der Waals surface area (Å²) in [6.07, 6.45) is 7.13. The molecule has 0 bridgehead atoms. The zero-order valence-electron chi connectivity index (χ0n) is 22.0. The first-order valence-corrected chi connectivity index (χ1v) is 14.2. The summed E-state index contributed by atoms with van der Waals surface area (Å²) in [5, 5.41) is 3.26. The van der Waals surface area contributed by atoms with E-state index in [0.717, 1.165) is 64.1 Å². The maximum atomic E-state index is 12.8. The Morgan fingerprint density at radius 1 is 0.757 bits per heavy atom. The van der Waals surface area contributed by atoms with Crippen molar-refractivity contribution in [3.63, 3.8) is 0 Å². The zero-order chi connectivity index (χ0) is 25.3. The molecular formula is C33H41N3O. The molecule has 4 nitrogen and oxygen atoms in total. The predicted molar refractivity (Wildman–Crippen MR) is 152 cm³/mol. The molecule has 0 atom stereocenters. The van der Waals surface area contributed by atoms with Crippen LogP contribution in [-0.4, -0.2) is 54.5 Å². The van der Waals surface area contributed by atoms with Crippen LogP contribution in [0.25, 0.3) is 0 Å². The van der Waals surface area contributed by atoms with Crippen molar-refractivity contribution in [3.05, 3.63) is 107 Å². The molecule has 1 heterocycles. The van der Waals surface area contributed by atoms with Crippen molar-refractivity contribution in [3.8, 4) is 0 Å². The topological polar surface area (TPSA) is 35.6 Å². The van der Waals surface area contributed by atoms with Crippen LogP contribution in [0.3, 0.4) is 0 Å². The van der Waals surface area contributed by atoms with Crippen LogP contribution < -0.4 is 5.32 Å². The number of rotatable bonds is 9. The minimum Gasteiger partial charge on any atom is -0.349 e. The van der Waals surface area contributed by atoms with Gasteiger partial charge in [-0.1, -0.05) is 92.1 Å². The van der Waals surface area contributed by atoms with Gasteiger partial charge < -0.3 is 10.2 Å². The first-order valence-electron chi connectivity index (χ1n) is 14.2. The van der Waals surface area contributed by atoms with Crippen LogP contribution in [0.1, 0.15) is 71.5 Å². The summed E-state index contributed by atoms with van der Waals surface area (Å²) in [6.45, 7) is 6.35. The van der Waals surface area contributed by atoms with Crippen LogP contribution in [0, 0.1) is 0 Å². The second-order valence-corrected chi connectivity index (χ2v) is 10.8. The molecule has 1 aliphatic carbocycles. The molecule has 0 spiro atoms. The highest BCUT2D eigenvalue weighted by atomic mass is 16.1. The summed E-state index contributed by atoms with van der Waals surface area (Å²) < 4.78 is 0. The van der Waals surface area contributed by atoms with Gasteiger partial charge in [0.15, 0.2) is 0 Å². The summed E-state index contributed by atoms with van der Waals surface area (Å²) in [5.41, 5.74) is 4.84. The number of amides is 1. The highest BCUT2D eigenvalue weighted by molar-refractivity contribution is 5.94. The van der Waals surface area contributed by atoms with Gasteiger partial charge in [0.05, 0.1) is 0 Å². The minimum absolute atomic E-state index is 0.0879. The molecule has 37 heavy (non-hydrogen) atoms. The van der Waals surface area contributed by atoms with Gasteiger partial charge in [0.2, 0.25) is 0 Å². The molecular weight excluding hydrogens is 454 g/mol. The third-order valence-corrected chi connectivity index (χ3v) is 8.14. The second-order valence-electron chi connectivity index (χ2n) is 10.8. The molecule has 1 saturated carbocycles. The van der Waals surface area contributed by atoms with Crippen molar-refractivity contribution in [2.45, 2.75) is 57.0 Å². The summed E-state index contributed by atoms with van der Waals surface area (Å²) >= 11 is 0. The summed E-state index contributed by atoms with van der Waals surface area (Å²) in [6, 6.07) is 30.5. The molecule has 2 fully saturated rings. The maximum absolute atomic E-state index is 12.8. The first kappa shape index (κ1) is 25.7. The van der Waals surface area contributed by atoms with Gasteiger partial charge in [-0.2, -0.15) is 0 Å². The van der Waals surface area contributed by atoms with Gasteiger partial charge >= 0.3 is 0 Å². The van der Waals surface area contributed by atoms with E-state index in [2.05, 4.69) is 87.9 Å². The van der Waals surface area contributed by atoms with Crippen LogP contribution in [0.15, 0.2) is 84.9 Å². The smallest absolute Gasteiger partial charge is 0.251 e. The normalized spacial score (nSPS) is 17.6. The number of carbonyl (C=O) groups excluding carboxylic acids is 1. The second kappa shape index (κ2) is 13.0. The number of benzene rings is 3. The fourth-order valence-corrected chi connectivity index (χ4v) is 5.96. The zero-order valence-corrected chi connectivity index (χ0v) is 22.0. The Bertz CT molecular complexity index is 1060. The average Bonchev–Trinajstić information content (AvgIpc) is 2.96. The molecule has 0 radical (unpaired) electrons. The molecule has 0 unspecified atom stereocenters. The quantitative estimate of drug-likeness (QED) is 0.390. The van der Waals surface area contributed by atoms with Gasteiger partial charge in [0.25, 0.3) is 5.91 Å². The standard InChI is InChI=1S/C33H41N3O/c37-33(34-31-17-8-3-9-18-31)30-16-10-11-27(25-30)26-36-23-21-35(22-24-36)20-19-32(28-12-4-1-5-13-28)29-14-6-2-7-15-29/h1-2,4-7,10-16,25,31-32H,3,8-9,17-24,26H2,(H,34,37). The molecule has 1 N–H and O–H groups in total. The number of hydrogen-bond donors (Lipinski definition) is 1. The Hall–Kier alpha value is -2.95. The minimum atomic E-state index is 0.0879. The van der Waals surface area contributed by atoms with E-state index in [1.807, 2.05) is 12.1 Å². The van der Waals surface area contributed by atoms with Crippen molar-refractivity contribution in [1.29, 1.82) is 0 Å². The lowest BCUT2D eigenvalue weighted by Gasteiger charge is -2.35. The van der Waals surface area contributed by atoms with E-state index in [0.29, 0.717) is 12.0 Å². The van der Waals surface area contributed by atoms with Gasteiger partial charge in [0, 0.05) is 50.2 Å². The van der Waals surface area contributed by atoms with Crippen LogP contribution >= 0.6 is 0 Å². The molecule has 1 aliphatic heterocycles. The van der Waals surface area contributed by atoms with E-state index in [1.165, 1.54) is 36.0 Å². The summed E-state index contributed by atoms with van der Waals surface area (Å²) in [4.78, 5) is 17.9. The number of nitrogens with one attached hydrogen (secondary N) is 1. The molecule has 0 aromatic heterocycles. The Morgan fingerprint density at radius 3 is 2.03 bits per heavy atom. The first-order chi connectivity index (χ1) is 18.2. The molecule has 1 amide bonds. The molecule has 4 heteroatoms. The molecule has 3 aromatic carbocycles. The third-order valence-electron chi connectivity index (χ3n) is 8.14. The van der Waals surface area contributed by atoms with Gasteiger partial charge in [-0.25, -0.2) is 0 Å². The largest absolute Gasteiger partial charge is 0.349 e. The number of piperazine rings is 1. The fourth-order valence-electron chi connectivity index (χ4n) is 5.96. The summed E-state index contributed by atoms with van der Waals surface area (Å²) in [7, 11) is 0. The van der Waals surface area contributed by atoms with Crippen molar-refractivity contribution >= 4 is 5.91 Å². The van der Waals surface area contributed by atoms with Crippen LogP contribution in [0.2, 0.25) is 0 Å². The van der Waals surface area contributed by atoms with E-state index >= 15 is 0 Å². The SMILES string of the molecule is O=C(NC1CCCCC1)c1cccc(CN2CCN(CCC(c3ccccc3)c3ccccc3)CC2)c1. The lowest BCUT2D eigenvalue weighted by molar-refractivity contribution is 0.0927. The van der Waals surface area contributed by atoms with Gasteiger partial charge in [-0.15, -0.1) is 0 Å². The van der Waals surface area contributed by atoms with E-state index < -0.39 is 0 Å². The third kappa shape index (κ3) is 7.30. The molecule has 1 saturated heterocycles. The van der Waals surface area contributed by atoms with Crippen LogP contribution in [0.5, 0.6) is 0 Å². The molecule has 3 aromatic rings. The maximum Gasteiger partial charge on any atom is 0.251 e. The van der Waals surface area contributed by atoms with Crippen LogP contribution in [-0.2, 0) is 6.54 Å². The predicted octanol–water partition coefficient (Wildman–Crippen LogP) is 6.09. The number of nitrogens with zero attached hydrogens (tertiary/aromatic N) is 2. The number of carbonyl (C=O) groups is 1. The molecule has 194 valence electrons.